The highest BCUT2D eigenvalue weighted by molar-refractivity contribution is 5.79. The monoisotopic (exact) mass is 393 g/mol. The fourth-order valence-electron chi connectivity index (χ4n) is 4.43. The van der Waals surface area contributed by atoms with Crippen molar-refractivity contribution in [3.8, 4) is 0 Å². The number of morpholine rings is 1. The Labute approximate surface area is 173 Å². The van der Waals surface area contributed by atoms with Crippen molar-refractivity contribution in [1.82, 2.24) is 9.88 Å². The van der Waals surface area contributed by atoms with E-state index >= 15 is 0 Å². The topological polar surface area (TPSA) is 54.5 Å². The smallest absolute Gasteiger partial charge is 0.249 e. The van der Waals surface area contributed by atoms with Crippen LogP contribution < -0.4 is 5.32 Å². The van der Waals surface area contributed by atoms with Crippen molar-refractivity contribution in [3.05, 3.63) is 59.4 Å². The average molecular weight is 394 g/mol. The highest BCUT2D eigenvalue weighted by Crippen LogP contribution is 2.32. The fraction of sp³-hybridized carbons (Fsp3) is 0.500. The first kappa shape index (κ1) is 19.9. The van der Waals surface area contributed by atoms with Crippen LogP contribution in [-0.2, 0) is 16.1 Å². The van der Waals surface area contributed by atoms with Crippen molar-refractivity contribution in [3.63, 3.8) is 0 Å². The fourth-order valence-corrected chi connectivity index (χ4v) is 4.43. The van der Waals surface area contributed by atoms with Gasteiger partial charge in [0.15, 0.2) is 0 Å². The van der Waals surface area contributed by atoms with E-state index in [1.54, 1.807) is 0 Å². The van der Waals surface area contributed by atoms with Gasteiger partial charge < -0.3 is 15.0 Å². The van der Waals surface area contributed by atoms with Gasteiger partial charge in [-0.1, -0.05) is 49.1 Å². The molecule has 1 aromatic heterocycles. The molecule has 1 aromatic carbocycles. The number of nitrogens with zero attached hydrogens (tertiary/aromatic N) is 2. The van der Waals surface area contributed by atoms with E-state index in [0.29, 0.717) is 13.2 Å². The third-order valence-electron chi connectivity index (χ3n) is 6.19. The molecular weight excluding hydrogens is 362 g/mol. The van der Waals surface area contributed by atoms with Crippen LogP contribution in [0.1, 0.15) is 54.8 Å². The molecule has 1 N–H and O–H groups in total. The number of amides is 1. The standard InChI is InChI=1S/C24H31N3O2/c1-18-7-9-20(10-8-18)15-27-23(16-29-17-24(27)28)21-14-25-12-11-22(21)26-13-19-5-3-2-4-6-19/h7-12,14,19,23H,2-6,13,15-17H2,1H3,(H,25,26). The molecule has 0 bridgehead atoms. The zero-order valence-corrected chi connectivity index (χ0v) is 17.3. The van der Waals surface area contributed by atoms with Gasteiger partial charge in [-0.05, 0) is 37.3 Å². The van der Waals surface area contributed by atoms with Crippen LogP contribution in [0.25, 0.3) is 0 Å². The lowest BCUT2D eigenvalue weighted by atomic mass is 9.89. The van der Waals surface area contributed by atoms with Gasteiger partial charge in [-0.3, -0.25) is 9.78 Å². The lowest BCUT2D eigenvalue weighted by Gasteiger charge is -2.36. The Morgan fingerprint density at radius 1 is 1.14 bits per heavy atom. The number of nitrogens with one attached hydrogen (secondary N) is 1. The molecule has 0 radical (unpaired) electrons. The number of anilines is 1. The molecular formula is C24H31N3O2. The second kappa shape index (κ2) is 9.40. The second-order valence-electron chi connectivity index (χ2n) is 8.39. The molecule has 4 rings (SSSR count). The zero-order chi connectivity index (χ0) is 20.1. The average Bonchev–Trinajstić information content (AvgIpc) is 2.76. The van der Waals surface area contributed by atoms with E-state index < -0.39 is 0 Å². The summed E-state index contributed by atoms with van der Waals surface area (Å²) in [5.74, 6) is 0.765. The molecule has 1 atom stereocenters. The van der Waals surface area contributed by atoms with Crippen molar-refractivity contribution in [2.24, 2.45) is 5.92 Å². The molecule has 29 heavy (non-hydrogen) atoms. The second-order valence-corrected chi connectivity index (χ2v) is 8.39. The summed E-state index contributed by atoms with van der Waals surface area (Å²) < 4.78 is 5.64. The lowest BCUT2D eigenvalue weighted by molar-refractivity contribution is -0.149. The van der Waals surface area contributed by atoms with E-state index in [1.165, 1.54) is 37.7 Å². The number of carbonyl (C=O) groups excluding carboxylic acids is 1. The number of rotatable bonds is 6. The van der Waals surface area contributed by atoms with Crippen molar-refractivity contribution in [1.29, 1.82) is 0 Å². The largest absolute Gasteiger partial charge is 0.384 e. The molecule has 1 saturated carbocycles. The molecule has 1 aliphatic heterocycles. The van der Waals surface area contributed by atoms with Crippen LogP contribution in [0, 0.1) is 12.8 Å². The summed E-state index contributed by atoms with van der Waals surface area (Å²) in [5, 5.41) is 3.65. The molecule has 0 spiro atoms. The minimum Gasteiger partial charge on any atom is -0.384 e. The summed E-state index contributed by atoms with van der Waals surface area (Å²) >= 11 is 0. The van der Waals surface area contributed by atoms with Crippen molar-refractivity contribution in [2.75, 3.05) is 25.1 Å². The number of benzene rings is 1. The SMILES string of the molecule is Cc1ccc(CN2C(=O)COCC2c2cnccc2NCC2CCCCC2)cc1. The Kier molecular flexibility index (Phi) is 6.45. The summed E-state index contributed by atoms with van der Waals surface area (Å²) in [7, 11) is 0. The van der Waals surface area contributed by atoms with Crippen molar-refractivity contribution < 1.29 is 9.53 Å². The molecule has 154 valence electrons. The third kappa shape index (κ3) is 4.96. The molecule has 2 aliphatic rings. The maximum Gasteiger partial charge on any atom is 0.249 e. The molecule has 1 amide bonds. The Bertz CT molecular complexity index is 815. The van der Waals surface area contributed by atoms with E-state index in [1.807, 2.05) is 23.4 Å². The predicted octanol–water partition coefficient (Wildman–Crippen LogP) is 4.48. The number of hydrogen-bond donors (Lipinski definition) is 1. The Balaban J connectivity index is 1.52. The summed E-state index contributed by atoms with van der Waals surface area (Å²) in [6.07, 6.45) is 10.4. The normalized spacial score (nSPS) is 20.7. The van der Waals surface area contributed by atoms with Gasteiger partial charge in [0, 0.05) is 36.7 Å². The Morgan fingerprint density at radius 3 is 2.72 bits per heavy atom. The molecule has 1 aliphatic carbocycles. The highest BCUT2D eigenvalue weighted by Gasteiger charge is 2.32. The number of carbonyl (C=O) groups is 1. The maximum atomic E-state index is 12.7. The summed E-state index contributed by atoms with van der Waals surface area (Å²) in [4.78, 5) is 19.0. The number of ether oxygens (including phenoxy) is 1. The number of aromatic nitrogens is 1. The molecule has 1 unspecified atom stereocenters. The van der Waals surface area contributed by atoms with Crippen LogP contribution in [-0.4, -0.2) is 35.5 Å². The third-order valence-corrected chi connectivity index (χ3v) is 6.19. The minimum atomic E-state index is -0.125. The van der Waals surface area contributed by atoms with Gasteiger partial charge in [-0.15, -0.1) is 0 Å². The molecule has 1 saturated heterocycles. The number of hydrogen-bond acceptors (Lipinski definition) is 4. The van der Waals surface area contributed by atoms with Crippen LogP contribution in [0.3, 0.4) is 0 Å². The highest BCUT2D eigenvalue weighted by atomic mass is 16.5. The van der Waals surface area contributed by atoms with Gasteiger partial charge in [0.1, 0.15) is 6.61 Å². The minimum absolute atomic E-state index is 0.0314. The predicted molar refractivity (Wildman–Crippen MR) is 115 cm³/mol. The van der Waals surface area contributed by atoms with E-state index in [2.05, 4.69) is 41.5 Å². The molecule has 2 heterocycles. The quantitative estimate of drug-likeness (QED) is 0.786. The molecule has 2 fully saturated rings. The lowest BCUT2D eigenvalue weighted by Crippen LogP contribution is -2.43. The molecule has 2 aromatic rings. The van der Waals surface area contributed by atoms with Gasteiger partial charge in [0.25, 0.3) is 0 Å². The first-order chi connectivity index (χ1) is 14.2. The zero-order valence-electron chi connectivity index (χ0n) is 17.3. The maximum absolute atomic E-state index is 12.7. The number of aryl methyl sites for hydroxylation is 1. The van der Waals surface area contributed by atoms with E-state index in [0.717, 1.165) is 29.3 Å². The van der Waals surface area contributed by atoms with E-state index in [-0.39, 0.29) is 18.6 Å². The Morgan fingerprint density at radius 2 is 1.93 bits per heavy atom. The van der Waals surface area contributed by atoms with Gasteiger partial charge in [0.2, 0.25) is 5.91 Å². The first-order valence-corrected chi connectivity index (χ1v) is 10.8. The molecule has 5 heteroatoms. The van der Waals surface area contributed by atoms with Gasteiger partial charge in [-0.25, -0.2) is 0 Å². The molecule has 5 nitrogen and oxygen atoms in total. The van der Waals surface area contributed by atoms with E-state index in [4.69, 9.17) is 4.74 Å². The van der Waals surface area contributed by atoms with Crippen molar-refractivity contribution in [2.45, 2.75) is 51.6 Å². The first-order valence-electron chi connectivity index (χ1n) is 10.8. The Hall–Kier alpha value is -2.40. The van der Waals surface area contributed by atoms with Crippen LogP contribution in [0.5, 0.6) is 0 Å². The van der Waals surface area contributed by atoms with Gasteiger partial charge in [-0.2, -0.15) is 0 Å². The van der Waals surface area contributed by atoms with E-state index in [9.17, 15) is 4.79 Å². The van der Waals surface area contributed by atoms with Crippen LogP contribution in [0.2, 0.25) is 0 Å². The van der Waals surface area contributed by atoms with Gasteiger partial charge >= 0.3 is 0 Å². The van der Waals surface area contributed by atoms with Gasteiger partial charge in [0.05, 0.1) is 12.6 Å². The summed E-state index contributed by atoms with van der Waals surface area (Å²) in [5.41, 5.74) is 4.47. The van der Waals surface area contributed by atoms with Crippen LogP contribution in [0.4, 0.5) is 5.69 Å². The summed E-state index contributed by atoms with van der Waals surface area (Å²) in [6.45, 7) is 4.29. The number of pyridine rings is 1. The summed E-state index contributed by atoms with van der Waals surface area (Å²) in [6, 6.07) is 10.3. The van der Waals surface area contributed by atoms with Crippen LogP contribution >= 0.6 is 0 Å². The van der Waals surface area contributed by atoms with Crippen LogP contribution in [0.15, 0.2) is 42.7 Å². The van der Waals surface area contributed by atoms with Crippen molar-refractivity contribution >= 4 is 11.6 Å².